The lowest BCUT2D eigenvalue weighted by molar-refractivity contribution is -0.118. The molecule has 82 valence electrons. The Balaban J connectivity index is 3.19. The first-order valence-corrected chi connectivity index (χ1v) is 5.05. The van der Waals surface area contributed by atoms with Crippen LogP contribution in [0.2, 0.25) is 5.02 Å². The van der Waals surface area contributed by atoms with Crippen LogP contribution in [0.25, 0.3) is 0 Å². The van der Waals surface area contributed by atoms with Crippen molar-refractivity contribution in [3.63, 3.8) is 0 Å². The summed E-state index contributed by atoms with van der Waals surface area (Å²) in [6, 6.07) is 6.52. The molecule has 0 amide bonds. The number of Topliss-reactive ketones (excluding diaryl/α,β-unsaturated/α-hetero) is 2. The predicted octanol–water partition coefficient (Wildman–Crippen LogP) is 2.56. The minimum atomic E-state index is -1.24. The third-order valence-corrected chi connectivity index (χ3v) is 2.50. The van der Waals surface area contributed by atoms with Crippen LogP contribution in [0.3, 0.4) is 0 Å². The summed E-state index contributed by atoms with van der Waals surface area (Å²) in [5.41, 5.74) is 1.03. The molecule has 0 bridgehead atoms. The second-order valence-corrected chi connectivity index (χ2v) is 3.93. The summed E-state index contributed by atoms with van der Waals surface area (Å²) >= 11 is 5.77. The van der Waals surface area contributed by atoms with Crippen molar-refractivity contribution in [3.8, 4) is 6.07 Å². The fraction of sp³-hybridized carbons (Fsp3) is 0.250. The largest absolute Gasteiger partial charge is 0.298 e. The molecule has 0 aromatic heterocycles. The summed E-state index contributed by atoms with van der Waals surface area (Å²) < 4.78 is 0. The molecule has 0 heterocycles. The molecule has 1 aromatic rings. The van der Waals surface area contributed by atoms with Gasteiger partial charge < -0.3 is 0 Å². The van der Waals surface area contributed by atoms with Gasteiger partial charge in [0.05, 0.1) is 6.07 Å². The van der Waals surface area contributed by atoms with Crippen LogP contribution in [-0.2, 0) is 4.79 Å². The van der Waals surface area contributed by atoms with Crippen molar-refractivity contribution in [2.75, 3.05) is 0 Å². The fourth-order valence-corrected chi connectivity index (χ4v) is 1.52. The molecule has 0 N–H and O–H groups in total. The van der Waals surface area contributed by atoms with Gasteiger partial charge in [-0.2, -0.15) is 5.26 Å². The van der Waals surface area contributed by atoms with Crippen molar-refractivity contribution in [3.05, 3.63) is 34.3 Å². The molecule has 0 aliphatic rings. The van der Waals surface area contributed by atoms with E-state index in [-0.39, 0.29) is 0 Å². The average molecular weight is 236 g/mol. The van der Waals surface area contributed by atoms with E-state index in [0.717, 1.165) is 0 Å². The number of carbonyl (C=O) groups excluding carboxylic acids is 2. The quantitative estimate of drug-likeness (QED) is 0.598. The second kappa shape index (κ2) is 4.91. The van der Waals surface area contributed by atoms with E-state index in [2.05, 4.69) is 0 Å². The lowest BCUT2D eigenvalue weighted by Gasteiger charge is -2.07. The summed E-state index contributed by atoms with van der Waals surface area (Å²) in [5, 5.41) is 9.18. The molecule has 1 aromatic carbocycles. The van der Waals surface area contributed by atoms with Gasteiger partial charge in [0.1, 0.15) is 0 Å². The molecule has 4 heteroatoms. The number of benzene rings is 1. The van der Waals surface area contributed by atoms with Crippen LogP contribution in [0.1, 0.15) is 22.8 Å². The van der Waals surface area contributed by atoms with Gasteiger partial charge >= 0.3 is 0 Å². The molecule has 0 fully saturated rings. The van der Waals surface area contributed by atoms with E-state index in [0.29, 0.717) is 16.1 Å². The molecule has 16 heavy (non-hydrogen) atoms. The number of hydrogen-bond donors (Lipinski definition) is 0. The maximum Gasteiger partial charge on any atom is 0.187 e. The first-order chi connectivity index (χ1) is 7.47. The maximum absolute atomic E-state index is 11.9. The Kier molecular flexibility index (Phi) is 3.81. The van der Waals surface area contributed by atoms with E-state index in [1.807, 2.05) is 0 Å². The number of carbonyl (C=O) groups is 2. The molecular weight excluding hydrogens is 226 g/mol. The van der Waals surface area contributed by atoms with Gasteiger partial charge in [-0.05, 0) is 31.5 Å². The summed E-state index contributed by atoms with van der Waals surface area (Å²) in [6.45, 7) is 2.96. The SMILES string of the molecule is CC(=O)C(C#N)C(=O)c1cc(Cl)ccc1C. The van der Waals surface area contributed by atoms with Gasteiger partial charge in [0.2, 0.25) is 0 Å². The van der Waals surface area contributed by atoms with Gasteiger partial charge in [-0.25, -0.2) is 0 Å². The molecule has 3 nitrogen and oxygen atoms in total. The standard InChI is InChI=1S/C12H10ClNO2/c1-7-3-4-9(13)5-10(7)12(16)11(6-14)8(2)15/h3-5,11H,1-2H3. The Hall–Kier alpha value is -1.66. The molecule has 0 saturated carbocycles. The normalized spacial score (nSPS) is 11.6. The molecule has 0 spiro atoms. The van der Waals surface area contributed by atoms with E-state index in [1.54, 1.807) is 25.1 Å². The molecule has 1 atom stereocenters. The maximum atomic E-state index is 11.9. The van der Waals surface area contributed by atoms with Gasteiger partial charge in [-0.3, -0.25) is 9.59 Å². The molecule has 1 rings (SSSR count). The van der Waals surface area contributed by atoms with Crippen LogP contribution < -0.4 is 0 Å². The number of ketones is 2. The third kappa shape index (κ3) is 2.47. The van der Waals surface area contributed by atoms with E-state index in [4.69, 9.17) is 16.9 Å². The molecule has 0 radical (unpaired) electrons. The first-order valence-electron chi connectivity index (χ1n) is 4.67. The summed E-state index contributed by atoms with van der Waals surface area (Å²) in [5.74, 6) is -2.18. The van der Waals surface area contributed by atoms with Crippen LogP contribution in [-0.4, -0.2) is 11.6 Å². The number of rotatable bonds is 3. The van der Waals surface area contributed by atoms with Crippen molar-refractivity contribution >= 4 is 23.2 Å². The number of nitrogens with zero attached hydrogens (tertiary/aromatic N) is 1. The number of hydrogen-bond acceptors (Lipinski definition) is 3. The predicted molar refractivity (Wildman–Crippen MR) is 60.3 cm³/mol. The third-order valence-electron chi connectivity index (χ3n) is 2.26. The Morgan fingerprint density at radius 1 is 1.44 bits per heavy atom. The first kappa shape index (κ1) is 12.4. The zero-order chi connectivity index (χ0) is 12.3. The lowest BCUT2D eigenvalue weighted by atomic mass is 9.93. The van der Waals surface area contributed by atoms with Gasteiger partial charge in [0.15, 0.2) is 17.5 Å². The number of nitriles is 1. The van der Waals surface area contributed by atoms with Crippen molar-refractivity contribution in [2.24, 2.45) is 5.92 Å². The lowest BCUT2D eigenvalue weighted by Crippen LogP contribution is -2.21. The van der Waals surface area contributed by atoms with Crippen molar-refractivity contribution in [1.29, 1.82) is 5.26 Å². The highest BCUT2D eigenvalue weighted by molar-refractivity contribution is 6.31. The van der Waals surface area contributed by atoms with Gasteiger partial charge in [0, 0.05) is 10.6 Å². The highest BCUT2D eigenvalue weighted by Gasteiger charge is 2.25. The van der Waals surface area contributed by atoms with Gasteiger partial charge in [-0.15, -0.1) is 0 Å². The minimum absolute atomic E-state index is 0.328. The molecule has 0 saturated heterocycles. The van der Waals surface area contributed by atoms with Crippen molar-refractivity contribution in [2.45, 2.75) is 13.8 Å². The Labute approximate surface area is 98.6 Å². The van der Waals surface area contributed by atoms with Gasteiger partial charge in [-0.1, -0.05) is 17.7 Å². The molecular formula is C12H10ClNO2. The minimum Gasteiger partial charge on any atom is -0.298 e. The Morgan fingerprint density at radius 3 is 2.56 bits per heavy atom. The second-order valence-electron chi connectivity index (χ2n) is 3.50. The molecule has 0 aliphatic heterocycles. The van der Waals surface area contributed by atoms with Crippen LogP contribution in [0.4, 0.5) is 0 Å². The van der Waals surface area contributed by atoms with Crippen LogP contribution in [0.15, 0.2) is 18.2 Å². The van der Waals surface area contributed by atoms with Crippen molar-refractivity contribution < 1.29 is 9.59 Å². The fourth-order valence-electron chi connectivity index (χ4n) is 1.35. The zero-order valence-corrected chi connectivity index (χ0v) is 9.71. The van der Waals surface area contributed by atoms with Gasteiger partial charge in [0.25, 0.3) is 0 Å². The summed E-state index contributed by atoms with van der Waals surface area (Å²) in [6.07, 6.45) is 0. The Morgan fingerprint density at radius 2 is 2.06 bits per heavy atom. The smallest absolute Gasteiger partial charge is 0.187 e. The highest BCUT2D eigenvalue weighted by Crippen LogP contribution is 2.19. The highest BCUT2D eigenvalue weighted by atomic mass is 35.5. The van der Waals surface area contributed by atoms with E-state index < -0.39 is 17.5 Å². The van der Waals surface area contributed by atoms with Crippen LogP contribution in [0, 0.1) is 24.2 Å². The topological polar surface area (TPSA) is 57.9 Å². The number of halogens is 1. The van der Waals surface area contributed by atoms with Crippen LogP contribution in [0.5, 0.6) is 0 Å². The summed E-state index contributed by atoms with van der Waals surface area (Å²) in [4.78, 5) is 23.0. The zero-order valence-electron chi connectivity index (χ0n) is 8.95. The number of aryl methyl sites for hydroxylation is 1. The van der Waals surface area contributed by atoms with Crippen molar-refractivity contribution in [1.82, 2.24) is 0 Å². The Bertz CT molecular complexity index is 488. The molecule has 1 unspecified atom stereocenters. The van der Waals surface area contributed by atoms with E-state index in [9.17, 15) is 9.59 Å². The van der Waals surface area contributed by atoms with E-state index in [1.165, 1.54) is 13.0 Å². The average Bonchev–Trinajstić information content (AvgIpc) is 2.22. The summed E-state index contributed by atoms with van der Waals surface area (Å²) in [7, 11) is 0. The van der Waals surface area contributed by atoms with Crippen LogP contribution >= 0.6 is 11.6 Å². The van der Waals surface area contributed by atoms with E-state index >= 15 is 0 Å². The molecule has 0 aliphatic carbocycles. The monoisotopic (exact) mass is 235 g/mol.